The van der Waals surface area contributed by atoms with Gasteiger partial charge in [-0.25, -0.2) is 19.2 Å². The van der Waals surface area contributed by atoms with Crippen molar-refractivity contribution in [3.63, 3.8) is 0 Å². The van der Waals surface area contributed by atoms with Gasteiger partial charge in [0.05, 0.1) is 13.1 Å². The van der Waals surface area contributed by atoms with Gasteiger partial charge in [0.1, 0.15) is 31.8 Å². The van der Waals surface area contributed by atoms with Crippen molar-refractivity contribution in [2.24, 2.45) is 5.41 Å². The highest BCUT2D eigenvalue weighted by molar-refractivity contribution is 5.87. The largest absolute Gasteiger partial charge is 0.481 e. The maximum absolute atomic E-state index is 11.7. The van der Waals surface area contributed by atoms with E-state index in [1.54, 1.807) is 0 Å². The molecular formula is C19H28N2O10. The second kappa shape index (κ2) is 13.6. The number of carboxylic acid groups (broad SMARTS) is 1. The average molecular weight is 444 g/mol. The van der Waals surface area contributed by atoms with Gasteiger partial charge in [0.15, 0.2) is 0 Å². The minimum atomic E-state index is -1.71. The summed E-state index contributed by atoms with van der Waals surface area (Å²) in [7, 11) is 0. The van der Waals surface area contributed by atoms with Crippen molar-refractivity contribution < 1.29 is 48.0 Å². The second-order valence-electron chi connectivity index (χ2n) is 6.70. The summed E-state index contributed by atoms with van der Waals surface area (Å²) in [4.78, 5) is 57.2. The lowest BCUT2D eigenvalue weighted by Crippen LogP contribution is -2.42. The molecule has 3 N–H and O–H groups in total. The van der Waals surface area contributed by atoms with E-state index in [2.05, 4.69) is 23.8 Å². The Labute approximate surface area is 179 Å². The first-order valence-corrected chi connectivity index (χ1v) is 9.09. The van der Waals surface area contributed by atoms with Gasteiger partial charge in [0, 0.05) is 11.1 Å². The number of carbonyl (C=O) groups excluding carboxylic acids is 4. The highest BCUT2D eigenvalue weighted by Crippen LogP contribution is 2.18. The Morgan fingerprint density at radius 2 is 1.13 bits per heavy atom. The Morgan fingerprint density at radius 3 is 1.42 bits per heavy atom. The van der Waals surface area contributed by atoms with E-state index in [1.165, 1.54) is 20.8 Å². The summed E-state index contributed by atoms with van der Waals surface area (Å²) in [6.45, 7) is 9.41. The number of carbonyl (C=O) groups is 5. The van der Waals surface area contributed by atoms with Crippen molar-refractivity contribution in [2.45, 2.75) is 20.8 Å². The molecule has 0 aromatic carbocycles. The van der Waals surface area contributed by atoms with Gasteiger partial charge in [-0.3, -0.25) is 4.79 Å². The second-order valence-corrected chi connectivity index (χ2v) is 6.70. The summed E-state index contributed by atoms with van der Waals surface area (Å²) >= 11 is 0. The van der Waals surface area contributed by atoms with Crippen LogP contribution in [0.2, 0.25) is 0 Å². The first kappa shape index (κ1) is 27.4. The molecule has 0 aliphatic carbocycles. The number of carboxylic acids is 1. The van der Waals surface area contributed by atoms with Gasteiger partial charge in [-0.15, -0.1) is 0 Å². The Balaban J connectivity index is 4.29. The quantitative estimate of drug-likeness (QED) is 0.160. The standard InChI is InChI=1S/C19H28N2O10/c1-12(2)14(22)28-8-6-20-17(26)30-10-19(5,16(24)25)11-31-18(27)21-7-9-29-15(23)13(3)4/h1,3,6-11H2,2,4-5H3,(H,20,26)(H,21,27)(H,24,25). The highest BCUT2D eigenvalue weighted by Gasteiger charge is 2.37. The molecule has 0 spiro atoms. The highest BCUT2D eigenvalue weighted by atomic mass is 16.6. The van der Waals surface area contributed by atoms with Crippen LogP contribution < -0.4 is 10.6 Å². The molecule has 0 aromatic rings. The van der Waals surface area contributed by atoms with Crippen LogP contribution in [0.1, 0.15) is 20.8 Å². The fourth-order valence-corrected chi connectivity index (χ4v) is 1.56. The van der Waals surface area contributed by atoms with Crippen molar-refractivity contribution in [3.05, 3.63) is 24.3 Å². The zero-order valence-corrected chi connectivity index (χ0v) is 17.8. The van der Waals surface area contributed by atoms with E-state index in [0.29, 0.717) is 0 Å². The van der Waals surface area contributed by atoms with Crippen LogP contribution in [0.25, 0.3) is 0 Å². The Hall–Kier alpha value is -3.57. The van der Waals surface area contributed by atoms with E-state index in [1.807, 2.05) is 0 Å². The normalized spacial score (nSPS) is 10.3. The van der Waals surface area contributed by atoms with Crippen LogP contribution in [0.15, 0.2) is 24.3 Å². The molecule has 0 saturated heterocycles. The van der Waals surface area contributed by atoms with Crippen LogP contribution in [0.5, 0.6) is 0 Å². The number of alkyl carbamates (subject to hydrolysis) is 2. The molecule has 0 unspecified atom stereocenters. The molecule has 0 aliphatic rings. The van der Waals surface area contributed by atoms with Crippen molar-refractivity contribution in [2.75, 3.05) is 39.5 Å². The zero-order chi connectivity index (χ0) is 24.0. The molecule has 31 heavy (non-hydrogen) atoms. The van der Waals surface area contributed by atoms with Crippen LogP contribution >= 0.6 is 0 Å². The summed E-state index contributed by atoms with van der Waals surface area (Å²) < 4.78 is 19.2. The molecule has 12 nitrogen and oxygen atoms in total. The summed E-state index contributed by atoms with van der Waals surface area (Å²) in [5.41, 5.74) is -1.30. The number of hydrogen-bond donors (Lipinski definition) is 3. The molecule has 0 bridgehead atoms. The lowest BCUT2D eigenvalue weighted by atomic mass is 9.93. The Bertz CT molecular complexity index is 666. The SMILES string of the molecule is C=C(C)C(=O)OCCNC(=O)OCC(C)(COC(=O)NCCOC(=O)C(=C)C)C(=O)O. The number of hydrogen-bond acceptors (Lipinski definition) is 9. The molecule has 0 heterocycles. The van der Waals surface area contributed by atoms with Gasteiger partial charge < -0.3 is 34.7 Å². The smallest absolute Gasteiger partial charge is 0.407 e. The summed E-state index contributed by atoms with van der Waals surface area (Å²) in [6, 6.07) is 0. The lowest BCUT2D eigenvalue weighted by molar-refractivity contribution is -0.153. The minimum absolute atomic E-state index is 0.0590. The topological polar surface area (TPSA) is 167 Å². The van der Waals surface area contributed by atoms with E-state index in [4.69, 9.17) is 18.9 Å². The van der Waals surface area contributed by atoms with Gasteiger partial charge in [-0.05, 0) is 20.8 Å². The Morgan fingerprint density at radius 1 is 0.774 bits per heavy atom. The van der Waals surface area contributed by atoms with Gasteiger partial charge in [0.2, 0.25) is 0 Å². The molecule has 174 valence electrons. The van der Waals surface area contributed by atoms with Gasteiger partial charge in [-0.1, -0.05) is 13.2 Å². The van der Waals surface area contributed by atoms with Crippen LogP contribution in [0.4, 0.5) is 9.59 Å². The van der Waals surface area contributed by atoms with Crippen LogP contribution in [-0.2, 0) is 33.3 Å². The number of ether oxygens (including phenoxy) is 4. The monoisotopic (exact) mass is 444 g/mol. The molecular weight excluding hydrogens is 416 g/mol. The van der Waals surface area contributed by atoms with Crippen LogP contribution in [-0.4, -0.2) is 74.7 Å². The fourth-order valence-electron chi connectivity index (χ4n) is 1.56. The number of amides is 2. The van der Waals surface area contributed by atoms with Crippen molar-refractivity contribution in [1.82, 2.24) is 10.6 Å². The third-order valence-corrected chi connectivity index (χ3v) is 3.47. The number of esters is 2. The maximum atomic E-state index is 11.7. The van der Waals surface area contributed by atoms with E-state index in [9.17, 15) is 29.1 Å². The molecule has 0 fully saturated rings. The van der Waals surface area contributed by atoms with Gasteiger partial charge in [-0.2, -0.15) is 0 Å². The molecule has 0 rings (SSSR count). The fraction of sp³-hybridized carbons (Fsp3) is 0.526. The molecule has 2 amide bonds. The minimum Gasteiger partial charge on any atom is -0.481 e. The first-order chi connectivity index (χ1) is 14.4. The van der Waals surface area contributed by atoms with Crippen molar-refractivity contribution in [3.8, 4) is 0 Å². The average Bonchev–Trinajstić information content (AvgIpc) is 2.70. The molecule has 12 heteroatoms. The molecule has 0 atom stereocenters. The zero-order valence-electron chi connectivity index (χ0n) is 17.8. The van der Waals surface area contributed by atoms with Crippen molar-refractivity contribution >= 4 is 30.1 Å². The summed E-state index contributed by atoms with van der Waals surface area (Å²) in [6.07, 6.45) is -1.88. The Kier molecular flexibility index (Phi) is 12.0. The van der Waals surface area contributed by atoms with E-state index < -0.39 is 48.7 Å². The maximum Gasteiger partial charge on any atom is 0.407 e. The molecule has 0 radical (unpaired) electrons. The van der Waals surface area contributed by atoms with Crippen LogP contribution in [0, 0.1) is 5.41 Å². The molecule has 0 saturated carbocycles. The predicted octanol–water partition coefficient (Wildman–Crippen LogP) is 0.768. The molecule has 0 aliphatic heterocycles. The van der Waals surface area contributed by atoms with E-state index in [0.717, 1.165) is 0 Å². The number of rotatable bonds is 13. The van der Waals surface area contributed by atoms with E-state index in [-0.39, 0.29) is 37.4 Å². The third kappa shape index (κ3) is 11.9. The van der Waals surface area contributed by atoms with Gasteiger partial charge >= 0.3 is 30.1 Å². The van der Waals surface area contributed by atoms with E-state index >= 15 is 0 Å². The number of aliphatic carboxylic acids is 1. The van der Waals surface area contributed by atoms with Gasteiger partial charge in [0.25, 0.3) is 0 Å². The summed E-state index contributed by atoms with van der Waals surface area (Å²) in [5.74, 6) is -2.59. The predicted molar refractivity (Wildman–Crippen MR) is 106 cm³/mol. The number of nitrogens with one attached hydrogen (secondary N) is 2. The summed E-state index contributed by atoms with van der Waals surface area (Å²) in [5, 5.41) is 13.9. The third-order valence-electron chi connectivity index (χ3n) is 3.47. The molecule has 0 aromatic heterocycles. The lowest BCUT2D eigenvalue weighted by Gasteiger charge is -2.24. The first-order valence-electron chi connectivity index (χ1n) is 9.09. The van der Waals surface area contributed by atoms with Crippen molar-refractivity contribution in [1.29, 1.82) is 0 Å². The van der Waals surface area contributed by atoms with Crippen LogP contribution in [0.3, 0.4) is 0 Å².